The van der Waals surface area contributed by atoms with Gasteiger partial charge in [-0.1, -0.05) is 29.8 Å². The summed E-state index contributed by atoms with van der Waals surface area (Å²) >= 11 is 5.91. The maximum atomic E-state index is 5.91. The van der Waals surface area contributed by atoms with E-state index in [1.165, 1.54) is 0 Å². The summed E-state index contributed by atoms with van der Waals surface area (Å²) in [6, 6.07) is 13.4. The molecule has 2 aromatic rings. The zero-order chi connectivity index (χ0) is 14.2. The zero-order valence-corrected chi connectivity index (χ0v) is 11.8. The summed E-state index contributed by atoms with van der Waals surface area (Å²) in [4.78, 5) is 8.51. The number of nitrogens with two attached hydrogens (primary N) is 1. The highest BCUT2D eigenvalue weighted by atomic mass is 35.5. The molecule has 20 heavy (non-hydrogen) atoms. The Kier molecular flexibility index (Phi) is 5.38. The van der Waals surface area contributed by atoms with Crippen LogP contribution in [0.15, 0.2) is 53.7 Å². The molecule has 0 bridgehead atoms. The zero-order valence-electron chi connectivity index (χ0n) is 11.1. The molecule has 1 aromatic carbocycles. The summed E-state index contributed by atoms with van der Waals surface area (Å²) in [5.41, 5.74) is 7.87. The molecular formula is C15H17ClN4. The van der Waals surface area contributed by atoms with Crippen molar-refractivity contribution in [1.29, 1.82) is 0 Å². The first-order chi connectivity index (χ1) is 9.74. The van der Waals surface area contributed by atoms with Gasteiger partial charge >= 0.3 is 0 Å². The van der Waals surface area contributed by atoms with Crippen LogP contribution in [0.5, 0.6) is 0 Å². The molecule has 5 heteroatoms. The molecule has 1 heterocycles. The topological polar surface area (TPSA) is 63.3 Å². The summed E-state index contributed by atoms with van der Waals surface area (Å²) in [5.74, 6) is 0.431. The Balaban J connectivity index is 1.77. The monoisotopic (exact) mass is 288 g/mol. The lowest BCUT2D eigenvalue weighted by molar-refractivity contribution is 0.827. The highest BCUT2D eigenvalue weighted by Gasteiger charge is 1.96. The normalized spacial score (nSPS) is 11.3. The second-order valence-electron chi connectivity index (χ2n) is 4.33. The fraction of sp³-hybridized carbons (Fsp3) is 0.200. The number of hydrogen-bond acceptors (Lipinski definition) is 2. The Hall–Kier alpha value is -2.07. The van der Waals surface area contributed by atoms with Gasteiger partial charge in [-0.3, -0.25) is 4.98 Å². The molecule has 0 atom stereocenters. The number of nitrogens with one attached hydrogen (secondary N) is 1. The highest BCUT2D eigenvalue weighted by molar-refractivity contribution is 6.30. The molecule has 104 valence electrons. The molecule has 0 aliphatic rings. The quantitative estimate of drug-likeness (QED) is 0.656. The Morgan fingerprint density at radius 1 is 1.25 bits per heavy atom. The van der Waals surface area contributed by atoms with E-state index in [2.05, 4.69) is 15.3 Å². The Morgan fingerprint density at radius 2 is 2.15 bits per heavy atom. The van der Waals surface area contributed by atoms with Crippen molar-refractivity contribution in [3.63, 3.8) is 0 Å². The number of rotatable bonds is 5. The number of hydrogen-bond donors (Lipinski definition) is 2. The van der Waals surface area contributed by atoms with E-state index in [0.29, 0.717) is 24.1 Å². The Labute approximate surface area is 123 Å². The average molecular weight is 289 g/mol. The van der Waals surface area contributed by atoms with Crippen LogP contribution >= 0.6 is 11.6 Å². The lowest BCUT2D eigenvalue weighted by Gasteiger charge is -2.05. The molecular weight excluding hydrogens is 272 g/mol. The highest BCUT2D eigenvalue weighted by Crippen LogP contribution is 2.11. The van der Waals surface area contributed by atoms with E-state index in [-0.39, 0.29) is 0 Å². The van der Waals surface area contributed by atoms with Gasteiger partial charge in [-0.05, 0) is 29.8 Å². The van der Waals surface area contributed by atoms with Gasteiger partial charge in [0.05, 0.1) is 6.54 Å². The second kappa shape index (κ2) is 7.50. The van der Waals surface area contributed by atoms with Gasteiger partial charge < -0.3 is 11.1 Å². The van der Waals surface area contributed by atoms with Crippen LogP contribution in [0.25, 0.3) is 0 Å². The lowest BCUT2D eigenvalue weighted by Crippen LogP contribution is -2.33. The van der Waals surface area contributed by atoms with E-state index in [1.54, 1.807) is 6.20 Å². The van der Waals surface area contributed by atoms with Crippen molar-refractivity contribution in [2.24, 2.45) is 10.7 Å². The Morgan fingerprint density at radius 3 is 2.90 bits per heavy atom. The van der Waals surface area contributed by atoms with E-state index in [0.717, 1.165) is 17.7 Å². The Bertz CT molecular complexity index is 569. The second-order valence-corrected chi connectivity index (χ2v) is 4.77. The van der Waals surface area contributed by atoms with Gasteiger partial charge in [-0.15, -0.1) is 0 Å². The van der Waals surface area contributed by atoms with E-state index in [4.69, 9.17) is 17.3 Å². The SMILES string of the molecule is NC(=NCc1cccc(Cl)c1)NCCc1ccccn1. The maximum Gasteiger partial charge on any atom is 0.188 e. The molecule has 0 saturated carbocycles. The third-order valence-corrected chi connectivity index (χ3v) is 2.97. The van der Waals surface area contributed by atoms with Gasteiger partial charge in [-0.2, -0.15) is 0 Å². The van der Waals surface area contributed by atoms with Gasteiger partial charge in [0, 0.05) is 29.9 Å². The standard InChI is InChI=1S/C15H17ClN4/c16-13-5-3-4-12(10-13)11-20-15(17)19-9-7-14-6-1-2-8-18-14/h1-6,8,10H,7,9,11H2,(H3,17,19,20). The van der Waals surface area contributed by atoms with Crippen molar-refractivity contribution in [3.8, 4) is 0 Å². The number of guanidine groups is 1. The van der Waals surface area contributed by atoms with Crippen molar-refractivity contribution in [1.82, 2.24) is 10.3 Å². The van der Waals surface area contributed by atoms with E-state index < -0.39 is 0 Å². The van der Waals surface area contributed by atoms with Crippen molar-refractivity contribution in [2.45, 2.75) is 13.0 Å². The van der Waals surface area contributed by atoms with Crippen molar-refractivity contribution in [2.75, 3.05) is 6.54 Å². The molecule has 0 radical (unpaired) electrons. The first-order valence-electron chi connectivity index (χ1n) is 6.42. The van der Waals surface area contributed by atoms with Crippen molar-refractivity contribution in [3.05, 3.63) is 64.9 Å². The van der Waals surface area contributed by atoms with Crippen molar-refractivity contribution >= 4 is 17.6 Å². The molecule has 0 spiro atoms. The minimum absolute atomic E-state index is 0.431. The predicted molar refractivity (Wildman–Crippen MR) is 82.7 cm³/mol. The number of aromatic nitrogens is 1. The van der Waals surface area contributed by atoms with Crippen LogP contribution in [-0.4, -0.2) is 17.5 Å². The van der Waals surface area contributed by atoms with Gasteiger partial charge in [0.25, 0.3) is 0 Å². The summed E-state index contributed by atoms with van der Waals surface area (Å²) < 4.78 is 0. The summed E-state index contributed by atoms with van der Waals surface area (Å²) in [6.45, 7) is 1.23. The summed E-state index contributed by atoms with van der Waals surface area (Å²) in [7, 11) is 0. The van der Waals surface area contributed by atoms with Crippen molar-refractivity contribution < 1.29 is 0 Å². The largest absolute Gasteiger partial charge is 0.370 e. The molecule has 0 fully saturated rings. The van der Waals surface area contributed by atoms with Gasteiger partial charge in [0.2, 0.25) is 0 Å². The number of nitrogens with zero attached hydrogens (tertiary/aromatic N) is 2. The van der Waals surface area contributed by atoms with Crippen LogP contribution in [0, 0.1) is 0 Å². The average Bonchev–Trinajstić information content (AvgIpc) is 2.46. The molecule has 3 N–H and O–H groups in total. The molecule has 0 aliphatic carbocycles. The maximum absolute atomic E-state index is 5.91. The number of aliphatic imine (C=N–C) groups is 1. The van der Waals surface area contributed by atoms with Gasteiger partial charge in [0.15, 0.2) is 5.96 Å². The number of benzene rings is 1. The van der Waals surface area contributed by atoms with Crippen LogP contribution in [-0.2, 0) is 13.0 Å². The fourth-order valence-corrected chi connectivity index (χ4v) is 1.95. The summed E-state index contributed by atoms with van der Waals surface area (Å²) in [6.07, 6.45) is 2.60. The molecule has 2 rings (SSSR count). The van der Waals surface area contributed by atoms with Crippen LogP contribution in [0.3, 0.4) is 0 Å². The molecule has 0 saturated heterocycles. The lowest BCUT2D eigenvalue weighted by atomic mass is 10.2. The first-order valence-corrected chi connectivity index (χ1v) is 6.80. The van der Waals surface area contributed by atoms with Gasteiger partial charge in [0.1, 0.15) is 0 Å². The van der Waals surface area contributed by atoms with E-state index in [9.17, 15) is 0 Å². The molecule has 4 nitrogen and oxygen atoms in total. The molecule has 0 amide bonds. The smallest absolute Gasteiger partial charge is 0.188 e. The molecule has 0 unspecified atom stereocenters. The fourth-order valence-electron chi connectivity index (χ4n) is 1.73. The summed E-state index contributed by atoms with van der Waals surface area (Å²) in [5, 5.41) is 3.78. The predicted octanol–water partition coefficient (Wildman–Crippen LogP) is 2.38. The van der Waals surface area contributed by atoms with Crippen LogP contribution in [0.2, 0.25) is 5.02 Å². The van der Waals surface area contributed by atoms with Gasteiger partial charge in [-0.25, -0.2) is 4.99 Å². The third-order valence-electron chi connectivity index (χ3n) is 2.73. The molecule has 0 aliphatic heterocycles. The number of pyridine rings is 1. The minimum Gasteiger partial charge on any atom is -0.370 e. The van der Waals surface area contributed by atoms with E-state index in [1.807, 2.05) is 42.5 Å². The van der Waals surface area contributed by atoms with E-state index >= 15 is 0 Å². The third kappa shape index (κ3) is 4.90. The minimum atomic E-state index is 0.431. The molecule has 1 aromatic heterocycles. The first kappa shape index (κ1) is 14.3. The van der Waals surface area contributed by atoms with Crippen LogP contribution in [0.1, 0.15) is 11.3 Å². The van der Waals surface area contributed by atoms with Crippen LogP contribution in [0.4, 0.5) is 0 Å². The van der Waals surface area contributed by atoms with Crippen LogP contribution < -0.4 is 11.1 Å². The number of halogens is 1.